The number of methoxy groups -OCH3 is 1. The second kappa shape index (κ2) is 4.40. The van der Waals surface area contributed by atoms with Gasteiger partial charge in [0.05, 0.1) is 11.6 Å². The van der Waals surface area contributed by atoms with E-state index < -0.39 is 12.3 Å². The highest BCUT2D eigenvalue weighted by Crippen LogP contribution is 2.39. The van der Waals surface area contributed by atoms with Gasteiger partial charge in [-0.1, -0.05) is 12.1 Å². The van der Waals surface area contributed by atoms with Crippen molar-refractivity contribution in [2.75, 3.05) is 7.11 Å². The zero-order valence-electron chi connectivity index (χ0n) is 7.68. The Kier molecular flexibility index (Phi) is 3.62. The minimum absolute atomic E-state index is 0.109. The lowest BCUT2D eigenvalue weighted by molar-refractivity contribution is -0.207. The van der Waals surface area contributed by atoms with Crippen molar-refractivity contribution in [2.24, 2.45) is 0 Å². The zero-order valence-corrected chi connectivity index (χ0v) is 9.26. The van der Waals surface area contributed by atoms with Gasteiger partial charge in [-0.15, -0.1) is 0 Å². The summed E-state index contributed by atoms with van der Waals surface area (Å²) in [7, 11) is 1.34. The molecule has 0 aliphatic heterocycles. The first kappa shape index (κ1) is 12.3. The third kappa shape index (κ3) is 2.63. The van der Waals surface area contributed by atoms with Crippen molar-refractivity contribution >= 4 is 15.9 Å². The Hall–Kier alpha value is -0.750. The average molecular weight is 285 g/mol. The maximum Gasteiger partial charge on any atom is 0.418 e. The van der Waals surface area contributed by atoms with E-state index in [0.717, 1.165) is 0 Å². The molecular formula is C9H8BrF3O2. The number of ether oxygens (including phenoxy) is 1. The molecule has 1 aromatic carbocycles. The van der Waals surface area contributed by atoms with Crippen LogP contribution in [0.15, 0.2) is 22.7 Å². The van der Waals surface area contributed by atoms with Crippen molar-refractivity contribution in [1.29, 1.82) is 0 Å². The van der Waals surface area contributed by atoms with Crippen LogP contribution in [0.4, 0.5) is 13.2 Å². The van der Waals surface area contributed by atoms with Gasteiger partial charge in [0.1, 0.15) is 5.75 Å². The summed E-state index contributed by atoms with van der Waals surface area (Å²) in [4.78, 5) is 0. The summed E-state index contributed by atoms with van der Waals surface area (Å²) in [5.74, 6) is 0.246. The number of aliphatic hydroxyl groups excluding tert-OH is 1. The van der Waals surface area contributed by atoms with E-state index in [-0.39, 0.29) is 15.8 Å². The van der Waals surface area contributed by atoms with Crippen LogP contribution >= 0.6 is 15.9 Å². The lowest BCUT2D eigenvalue weighted by Gasteiger charge is -2.17. The molecular weight excluding hydrogens is 277 g/mol. The Morgan fingerprint density at radius 2 is 2.00 bits per heavy atom. The maximum atomic E-state index is 12.2. The maximum absolute atomic E-state index is 12.2. The standard InChI is InChI=1S/C9H8BrF3O2/c1-15-6-4-2-3-5(7(6)10)8(14)9(11,12)13/h2-4,8,14H,1H3/t8-/m1/s1. The van der Waals surface area contributed by atoms with Crippen LogP contribution in [0.25, 0.3) is 0 Å². The Bertz CT molecular complexity index is 352. The number of hydrogen-bond acceptors (Lipinski definition) is 2. The molecule has 1 atom stereocenters. The van der Waals surface area contributed by atoms with Crippen molar-refractivity contribution in [3.05, 3.63) is 28.2 Å². The minimum Gasteiger partial charge on any atom is -0.496 e. The number of hydrogen-bond donors (Lipinski definition) is 1. The van der Waals surface area contributed by atoms with Crippen molar-refractivity contribution in [2.45, 2.75) is 12.3 Å². The fraction of sp³-hybridized carbons (Fsp3) is 0.333. The number of halogens is 4. The Morgan fingerprint density at radius 1 is 1.40 bits per heavy atom. The van der Waals surface area contributed by atoms with Crippen molar-refractivity contribution in [3.63, 3.8) is 0 Å². The number of benzene rings is 1. The topological polar surface area (TPSA) is 29.5 Å². The van der Waals surface area contributed by atoms with E-state index in [4.69, 9.17) is 9.84 Å². The van der Waals surface area contributed by atoms with E-state index in [1.54, 1.807) is 0 Å². The van der Waals surface area contributed by atoms with Gasteiger partial charge in [-0.25, -0.2) is 0 Å². The molecule has 6 heteroatoms. The van der Waals surface area contributed by atoms with Crippen LogP contribution in [0.3, 0.4) is 0 Å². The van der Waals surface area contributed by atoms with Crippen LogP contribution in [0, 0.1) is 0 Å². The molecule has 0 aliphatic carbocycles. The smallest absolute Gasteiger partial charge is 0.418 e. The van der Waals surface area contributed by atoms with Gasteiger partial charge in [0, 0.05) is 5.56 Å². The van der Waals surface area contributed by atoms with E-state index >= 15 is 0 Å². The van der Waals surface area contributed by atoms with Crippen LogP contribution in [0.1, 0.15) is 11.7 Å². The van der Waals surface area contributed by atoms with E-state index in [1.807, 2.05) is 0 Å². The molecule has 0 amide bonds. The third-order valence-electron chi connectivity index (χ3n) is 1.82. The average Bonchev–Trinajstić information content (AvgIpc) is 2.16. The quantitative estimate of drug-likeness (QED) is 0.905. The molecule has 1 N–H and O–H groups in total. The second-order valence-corrected chi connectivity index (χ2v) is 3.60. The van der Waals surface area contributed by atoms with E-state index in [1.165, 1.54) is 25.3 Å². The van der Waals surface area contributed by atoms with Gasteiger partial charge in [0.25, 0.3) is 0 Å². The third-order valence-corrected chi connectivity index (χ3v) is 2.67. The Morgan fingerprint density at radius 3 is 2.47 bits per heavy atom. The first-order valence-electron chi connectivity index (χ1n) is 3.95. The van der Waals surface area contributed by atoms with Crippen LogP contribution in [-0.4, -0.2) is 18.4 Å². The number of alkyl halides is 3. The normalized spacial score (nSPS) is 13.7. The SMILES string of the molecule is COc1cccc([C@@H](O)C(F)(F)F)c1Br. The summed E-state index contributed by atoms with van der Waals surface area (Å²) in [6, 6.07) is 4.06. The lowest BCUT2D eigenvalue weighted by Crippen LogP contribution is -2.20. The first-order valence-corrected chi connectivity index (χ1v) is 4.74. The molecule has 15 heavy (non-hydrogen) atoms. The fourth-order valence-corrected chi connectivity index (χ4v) is 1.72. The van der Waals surface area contributed by atoms with E-state index in [9.17, 15) is 13.2 Å². The van der Waals surface area contributed by atoms with Crippen LogP contribution in [-0.2, 0) is 0 Å². The summed E-state index contributed by atoms with van der Waals surface area (Å²) in [5.41, 5.74) is -0.262. The van der Waals surface area contributed by atoms with E-state index in [2.05, 4.69) is 15.9 Å². The Labute approximate surface area is 92.8 Å². The monoisotopic (exact) mass is 284 g/mol. The predicted molar refractivity (Wildman–Crippen MR) is 51.7 cm³/mol. The van der Waals surface area contributed by atoms with Crippen LogP contribution in [0.5, 0.6) is 5.75 Å². The summed E-state index contributed by atoms with van der Waals surface area (Å²) in [5, 5.41) is 9.05. The Balaban J connectivity index is 3.15. The van der Waals surface area contributed by atoms with Crippen molar-refractivity contribution in [1.82, 2.24) is 0 Å². The molecule has 84 valence electrons. The van der Waals surface area contributed by atoms with Gasteiger partial charge in [-0.3, -0.25) is 0 Å². The molecule has 1 aromatic rings. The molecule has 0 heterocycles. The van der Waals surface area contributed by atoms with Crippen molar-refractivity contribution in [3.8, 4) is 5.75 Å². The van der Waals surface area contributed by atoms with Gasteiger partial charge < -0.3 is 9.84 Å². The molecule has 1 rings (SSSR count). The van der Waals surface area contributed by atoms with Gasteiger partial charge in [-0.2, -0.15) is 13.2 Å². The summed E-state index contributed by atoms with van der Waals surface area (Å²) >= 11 is 2.95. The largest absolute Gasteiger partial charge is 0.496 e. The fourth-order valence-electron chi connectivity index (χ4n) is 1.07. The highest BCUT2D eigenvalue weighted by atomic mass is 79.9. The molecule has 0 aliphatic rings. The van der Waals surface area contributed by atoms with E-state index in [0.29, 0.717) is 0 Å². The second-order valence-electron chi connectivity index (χ2n) is 2.81. The number of rotatable bonds is 2. The molecule has 0 fully saturated rings. The lowest BCUT2D eigenvalue weighted by atomic mass is 10.1. The summed E-state index contributed by atoms with van der Waals surface area (Å²) in [6.45, 7) is 0. The van der Waals surface area contributed by atoms with Gasteiger partial charge in [0.15, 0.2) is 6.10 Å². The van der Waals surface area contributed by atoms with Gasteiger partial charge in [-0.05, 0) is 22.0 Å². The van der Waals surface area contributed by atoms with Crippen molar-refractivity contribution < 1.29 is 23.0 Å². The highest BCUT2D eigenvalue weighted by Gasteiger charge is 2.40. The summed E-state index contributed by atoms with van der Waals surface area (Å²) < 4.78 is 41.6. The highest BCUT2D eigenvalue weighted by molar-refractivity contribution is 9.10. The van der Waals surface area contributed by atoms with Gasteiger partial charge >= 0.3 is 6.18 Å². The molecule has 0 saturated heterocycles. The zero-order chi connectivity index (χ0) is 11.6. The molecule has 0 saturated carbocycles. The molecule has 0 aromatic heterocycles. The molecule has 0 spiro atoms. The minimum atomic E-state index is -4.69. The predicted octanol–water partition coefficient (Wildman–Crippen LogP) is 3.05. The first-order chi connectivity index (χ1) is 6.88. The summed E-state index contributed by atoms with van der Waals surface area (Å²) in [6.07, 6.45) is -7.20. The molecule has 0 unspecified atom stereocenters. The molecule has 0 bridgehead atoms. The molecule has 0 radical (unpaired) electrons. The molecule has 2 nitrogen and oxygen atoms in total. The van der Waals surface area contributed by atoms with Crippen LogP contribution in [0.2, 0.25) is 0 Å². The van der Waals surface area contributed by atoms with Gasteiger partial charge in [0.2, 0.25) is 0 Å². The number of aliphatic hydroxyl groups is 1. The van der Waals surface area contributed by atoms with Crippen LogP contribution < -0.4 is 4.74 Å².